The van der Waals surface area contributed by atoms with Crippen LogP contribution in [0.5, 0.6) is 0 Å². The van der Waals surface area contributed by atoms with Crippen molar-refractivity contribution < 1.29 is 9.47 Å². The van der Waals surface area contributed by atoms with Crippen LogP contribution in [-0.4, -0.2) is 24.2 Å². The summed E-state index contributed by atoms with van der Waals surface area (Å²) in [7, 11) is 3.30. The van der Waals surface area contributed by atoms with Crippen LogP contribution in [0, 0.1) is 0 Å². The van der Waals surface area contributed by atoms with Crippen molar-refractivity contribution in [1.29, 1.82) is 0 Å². The fourth-order valence-electron chi connectivity index (χ4n) is 2.36. The van der Waals surface area contributed by atoms with E-state index in [0.29, 0.717) is 5.82 Å². The van der Waals surface area contributed by atoms with Crippen molar-refractivity contribution in [2.24, 2.45) is 0 Å². The second-order valence-corrected chi connectivity index (χ2v) is 6.10. The molecular formula is C16H23N3O2. The van der Waals surface area contributed by atoms with Gasteiger partial charge < -0.3 is 15.2 Å². The van der Waals surface area contributed by atoms with Crippen LogP contribution in [-0.2, 0) is 14.9 Å². The Bertz CT molecular complexity index is 598. The third kappa shape index (κ3) is 3.17. The molecule has 0 atom stereocenters. The first-order valence-electron chi connectivity index (χ1n) is 7.02. The summed E-state index contributed by atoms with van der Waals surface area (Å²) >= 11 is 0. The van der Waals surface area contributed by atoms with Crippen LogP contribution >= 0.6 is 0 Å². The van der Waals surface area contributed by atoms with Gasteiger partial charge in [-0.3, -0.25) is 0 Å². The Kier molecular flexibility index (Phi) is 4.21. The zero-order chi connectivity index (χ0) is 15.6. The van der Waals surface area contributed by atoms with Gasteiger partial charge in [-0.1, -0.05) is 20.8 Å². The van der Waals surface area contributed by atoms with Crippen LogP contribution in [0.1, 0.15) is 45.0 Å². The molecule has 21 heavy (non-hydrogen) atoms. The van der Waals surface area contributed by atoms with E-state index in [2.05, 4.69) is 25.8 Å². The molecule has 0 amide bonds. The molecule has 2 rings (SSSR count). The van der Waals surface area contributed by atoms with Crippen molar-refractivity contribution in [2.45, 2.75) is 39.0 Å². The van der Waals surface area contributed by atoms with Gasteiger partial charge in [-0.25, -0.2) is 9.97 Å². The van der Waals surface area contributed by atoms with Crippen LogP contribution in [0.3, 0.4) is 0 Å². The van der Waals surface area contributed by atoms with Crippen molar-refractivity contribution in [2.75, 3.05) is 20.0 Å². The van der Waals surface area contributed by atoms with E-state index in [-0.39, 0.29) is 5.41 Å². The smallest absolute Gasteiger partial charge is 0.156 e. The van der Waals surface area contributed by atoms with Crippen molar-refractivity contribution >= 4 is 11.4 Å². The first-order chi connectivity index (χ1) is 9.86. The van der Waals surface area contributed by atoms with E-state index in [0.717, 1.165) is 41.3 Å². The summed E-state index contributed by atoms with van der Waals surface area (Å²) in [4.78, 5) is 9.01. The Morgan fingerprint density at radius 3 is 2.43 bits per heavy atom. The maximum Gasteiger partial charge on any atom is 0.156 e. The van der Waals surface area contributed by atoms with Gasteiger partial charge in [0.15, 0.2) is 5.76 Å². The number of allylic oxidation sites excluding steroid dienone is 3. The van der Waals surface area contributed by atoms with Crippen LogP contribution in [0.4, 0.5) is 5.82 Å². The highest BCUT2D eigenvalue weighted by Crippen LogP contribution is 2.32. The van der Waals surface area contributed by atoms with Gasteiger partial charge in [0.1, 0.15) is 11.6 Å². The fraction of sp³-hybridized carbons (Fsp3) is 0.500. The van der Waals surface area contributed by atoms with Crippen molar-refractivity contribution in [3.8, 4) is 0 Å². The Morgan fingerprint density at radius 2 is 1.86 bits per heavy atom. The van der Waals surface area contributed by atoms with Crippen molar-refractivity contribution in [3.05, 3.63) is 35.2 Å². The summed E-state index contributed by atoms with van der Waals surface area (Å²) < 4.78 is 10.7. The highest BCUT2D eigenvalue weighted by molar-refractivity contribution is 5.67. The van der Waals surface area contributed by atoms with Crippen LogP contribution in [0.25, 0.3) is 5.57 Å². The average molecular weight is 289 g/mol. The Balaban J connectivity index is 2.44. The molecule has 0 radical (unpaired) electrons. The summed E-state index contributed by atoms with van der Waals surface area (Å²) in [6.45, 7) is 6.24. The van der Waals surface area contributed by atoms with Crippen molar-refractivity contribution in [1.82, 2.24) is 9.97 Å². The highest BCUT2D eigenvalue weighted by atomic mass is 16.5. The van der Waals surface area contributed by atoms with Gasteiger partial charge in [-0.15, -0.1) is 0 Å². The lowest BCUT2D eigenvalue weighted by Crippen LogP contribution is -2.18. The van der Waals surface area contributed by atoms with Gasteiger partial charge in [0.05, 0.1) is 31.8 Å². The molecule has 1 aromatic rings. The summed E-state index contributed by atoms with van der Waals surface area (Å²) in [5, 5.41) is 0. The minimum Gasteiger partial charge on any atom is -0.497 e. The fourth-order valence-corrected chi connectivity index (χ4v) is 2.36. The van der Waals surface area contributed by atoms with Crippen LogP contribution < -0.4 is 5.73 Å². The minimum atomic E-state index is -0.139. The molecule has 1 aliphatic carbocycles. The molecule has 1 heterocycles. The first kappa shape index (κ1) is 15.4. The lowest BCUT2D eigenvalue weighted by Gasteiger charge is -2.22. The summed E-state index contributed by atoms with van der Waals surface area (Å²) in [5.41, 5.74) is 8.57. The molecule has 0 bridgehead atoms. The standard InChI is InChI=1S/C16H23N3O2/c1-16(2,3)14-15(17)18-9-11(19-14)10-6-7-12(20-4)13(8-10)21-5/h8-9H,6-7H2,1-5H3,(H2,17,18). The highest BCUT2D eigenvalue weighted by Gasteiger charge is 2.22. The lowest BCUT2D eigenvalue weighted by molar-refractivity contribution is 0.219. The summed E-state index contributed by atoms with van der Waals surface area (Å²) in [5.74, 6) is 2.10. The number of ether oxygens (including phenoxy) is 2. The minimum absolute atomic E-state index is 0.139. The number of anilines is 1. The molecule has 0 saturated heterocycles. The van der Waals surface area contributed by atoms with E-state index in [1.54, 1.807) is 20.4 Å². The van der Waals surface area contributed by atoms with E-state index in [4.69, 9.17) is 20.2 Å². The normalized spacial score (nSPS) is 15.8. The molecule has 0 aromatic carbocycles. The number of hydrogen-bond acceptors (Lipinski definition) is 5. The van der Waals surface area contributed by atoms with E-state index in [9.17, 15) is 0 Å². The SMILES string of the molecule is COC1=C(OC)CCC(c2cnc(N)c(C(C)(C)C)n2)=C1. The number of nitrogen functional groups attached to an aromatic ring is 1. The van der Waals surface area contributed by atoms with Gasteiger partial charge >= 0.3 is 0 Å². The largest absolute Gasteiger partial charge is 0.497 e. The van der Waals surface area contributed by atoms with E-state index in [1.165, 1.54) is 0 Å². The Labute approximate surface area is 125 Å². The van der Waals surface area contributed by atoms with Gasteiger partial charge in [0.2, 0.25) is 0 Å². The molecule has 1 aromatic heterocycles. The molecule has 0 spiro atoms. The third-order valence-electron chi connectivity index (χ3n) is 3.51. The molecule has 5 heteroatoms. The van der Waals surface area contributed by atoms with E-state index < -0.39 is 0 Å². The number of nitrogens with two attached hydrogens (primary N) is 1. The number of rotatable bonds is 3. The molecule has 114 valence electrons. The zero-order valence-corrected chi connectivity index (χ0v) is 13.4. The second kappa shape index (κ2) is 5.76. The molecule has 1 aliphatic rings. The first-order valence-corrected chi connectivity index (χ1v) is 7.02. The summed E-state index contributed by atoms with van der Waals surface area (Å²) in [6, 6.07) is 0. The molecular weight excluding hydrogens is 266 g/mol. The van der Waals surface area contributed by atoms with Gasteiger partial charge in [-0.05, 0) is 18.1 Å². The third-order valence-corrected chi connectivity index (χ3v) is 3.51. The van der Waals surface area contributed by atoms with Gasteiger partial charge in [0, 0.05) is 11.8 Å². The maximum absolute atomic E-state index is 5.96. The molecule has 0 unspecified atom stereocenters. The topological polar surface area (TPSA) is 70.3 Å². The molecule has 0 fully saturated rings. The van der Waals surface area contributed by atoms with Gasteiger partial charge in [-0.2, -0.15) is 0 Å². The Hall–Kier alpha value is -2.04. The number of aromatic nitrogens is 2. The van der Waals surface area contributed by atoms with E-state index in [1.807, 2.05) is 6.08 Å². The lowest BCUT2D eigenvalue weighted by atomic mass is 9.91. The number of methoxy groups -OCH3 is 2. The maximum atomic E-state index is 5.96. The summed E-state index contributed by atoms with van der Waals surface area (Å²) in [6.07, 6.45) is 5.33. The van der Waals surface area contributed by atoms with Crippen LogP contribution in [0.15, 0.2) is 23.8 Å². The average Bonchev–Trinajstić information content (AvgIpc) is 2.45. The second-order valence-electron chi connectivity index (χ2n) is 6.10. The predicted molar refractivity (Wildman–Crippen MR) is 83.4 cm³/mol. The monoisotopic (exact) mass is 289 g/mol. The molecule has 2 N–H and O–H groups in total. The van der Waals surface area contributed by atoms with Gasteiger partial charge in [0.25, 0.3) is 0 Å². The Morgan fingerprint density at radius 1 is 1.14 bits per heavy atom. The zero-order valence-electron chi connectivity index (χ0n) is 13.4. The van der Waals surface area contributed by atoms with E-state index >= 15 is 0 Å². The number of hydrogen-bond donors (Lipinski definition) is 1. The predicted octanol–water partition coefficient (Wildman–Crippen LogP) is 3.04. The van der Waals surface area contributed by atoms with Crippen molar-refractivity contribution in [3.63, 3.8) is 0 Å². The molecule has 0 aliphatic heterocycles. The number of nitrogens with zero attached hydrogens (tertiary/aromatic N) is 2. The van der Waals surface area contributed by atoms with Crippen LogP contribution in [0.2, 0.25) is 0 Å². The molecule has 0 saturated carbocycles. The molecule has 5 nitrogen and oxygen atoms in total. The quantitative estimate of drug-likeness (QED) is 0.926.